The van der Waals surface area contributed by atoms with Crippen molar-refractivity contribution in [2.75, 3.05) is 19.4 Å². The number of ether oxygens (including phenoxy) is 1. The number of hydrogen-bond acceptors (Lipinski definition) is 3. The van der Waals surface area contributed by atoms with Gasteiger partial charge in [0.25, 0.3) is 0 Å². The highest BCUT2D eigenvalue weighted by Gasteiger charge is 2.12. The van der Waals surface area contributed by atoms with Gasteiger partial charge in [0.05, 0.1) is 7.11 Å². The van der Waals surface area contributed by atoms with E-state index in [9.17, 15) is 0 Å². The third-order valence-corrected chi connectivity index (χ3v) is 4.88. The van der Waals surface area contributed by atoms with Crippen molar-refractivity contribution in [3.8, 4) is 5.75 Å². The zero-order chi connectivity index (χ0) is 14.3. The molecule has 108 valence electrons. The molecule has 1 rings (SSSR count). The number of likely N-dealkylation sites (N-methyl/N-ethyl adjacent to an activating group) is 1. The maximum atomic E-state index is 5.30. The number of halogens is 1. The van der Waals surface area contributed by atoms with Crippen molar-refractivity contribution in [3.05, 3.63) is 28.2 Å². The molecule has 0 bridgehead atoms. The molecule has 1 unspecified atom stereocenters. The Morgan fingerprint density at radius 1 is 1.37 bits per heavy atom. The van der Waals surface area contributed by atoms with Gasteiger partial charge in [0, 0.05) is 16.3 Å². The Balaban J connectivity index is 2.71. The molecule has 1 N–H and O–H groups in total. The molecule has 0 heterocycles. The molecule has 0 aromatic heterocycles. The molecular weight excluding hydrogens is 322 g/mol. The van der Waals surface area contributed by atoms with E-state index in [-0.39, 0.29) is 0 Å². The third kappa shape index (κ3) is 6.19. The van der Waals surface area contributed by atoms with Gasteiger partial charge in [-0.05, 0) is 42.0 Å². The lowest BCUT2D eigenvalue weighted by molar-refractivity contribution is 0.414. The van der Waals surface area contributed by atoms with Gasteiger partial charge in [-0.2, -0.15) is 11.8 Å². The monoisotopic (exact) mass is 345 g/mol. The molecule has 2 nitrogen and oxygen atoms in total. The molecule has 1 aromatic rings. The van der Waals surface area contributed by atoms with Crippen LogP contribution in [-0.4, -0.2) is 30.7 Å². The summed E-state index contributed by atoms with van der Waals surface area (Å²) in [6.45, 7) is 7.66. The largest absolute Gasteiger partial charge is 0.497 e. The summed E-state index contributed by atoms with van der Waals surface area (Å²) in [6.07, 6.45) is 1.02. The standard InChI is InChI=1S/C15H24BrNOS/c1-5-17-13(10-19-11(2)3)8-12-9-14(18-4)6-7-15(12)16/h6-7,9,11,13,17H,5,8,10H2,1-4H3. The minimum Gasteiger partial charge on any atom is -0.497 e. The first-order chi connectivity index (χ1) is 9.06. The van der Waals surface area contributed by atoms with Gasteiger partial charge in [-0.1, -0.05) is 36.7 Å². The van der Waals surface area contributed by atoms with Crippen LogP contribution in [0.15, 0.2) is 22.7 Å². The molecule has 0 saturated heterocycles. The van der Waals surface area contributed by atoms with Crippen LogP contribution in [0.2, 0.25) is 0 Å². The van der Waals surface area contributed by atoms with Gasteiger partial charge in [0.1, 0.15) is 5.75 Å². The summed E-state index contributed by atoms with van der Waals surface area (Å²) < 4.78 is 6.46. The van der Waals surface area contributed by atoms with Crippen LogP contribution in [0, 0.1) is 0 Å². The average Bonchev–Trinajstić information content (AvgIpc) is 2.38. The number of benzene rings is 1. The van der Waals surface area contributed by atoms with Crippen molar-refractivity contribution in [2.45, 2.75) is 38.5 Å². The third-order valence-electron chi connectivity index (χ3n) is 2.84. The van der Waals surface area contributed by atoms with Crippen LogP contribution in [0.1, 0.15) is 26.3 Å². The Morgan fingerprint density at radius 2 is 2.11 bits per heavy atom. The Bertz CT molecular complexity index is 384. The summed E-state index contributed by atoms with van der Waals surface area (Å²) >= 11 is 5.63. The Hall–Kier alpha value is -0.190. The molecule has 0 aliphatic heterocycles. The van der Waals surface area contributed by atoms with Crippen molar-refractivity contribution in [1.82, 2.24) is 5.32 Å². The summed E-state index contributed by atoms with van der Waals surface area (Å²) in [6, 6.07) is 6.67. The van der Waals surface area contributed by atoms with Crippen molar-refractivity contribution in [3.63, 3.8) is 0 Å². The Labute approximate surface area is 129 Å². The topological polar surface area (TPSA) is 21.3 Å². The van der Waals surface area contributed by atoms with Crippen LogP contribution >= 0.6 is 27.7 Å². The predicted octanol–water partition coefficient (Wildman–Crippen LogP) is 4.12. The number of methoxy groups -OCH3 is 1. The molecule has 0 amide bonds. The van der Waals surface area contributed by atoms with Gasteiger partial charge < -0.3 is 10.1 Å². The fourth-order valence-electron chi connectivity index (χ4n) is 1.89. The molecule has 19 heavy (non-hydrogen) atoms. The summed E-state index contributed by atoms with van der Waals surface area (Å²) in [7, 11) is 1.71. The highest BCUT2D eigenvalue weighted by molar-refractivity contribution is 9.10. The SMILES string of the molecule is CCNC(CSC(C)C)Cc1cc(OC)ccc1Br. The minimum absolute atomic E-state index is 0.501. The molecule has 4 heteroatoms. The average molecular weight is 346 g/mol. The maximum absolute atomic E-state index is 5.30. The molecule has 0 radical (unpaired) electrons. The second kappa shape index (κ2) is 8.88. The highest BCUT2D eigenvalue weighted by Crippen LogP contribution is 2.24. The minimum atomic E-state index is 0.501. The Morgan fingerprint density at radius 3 is 2.68 bits per heavy atom. The smallest absolute Gasteiger partial charge is 0.119 e. The lowest BCUT2D eigenvalue weighted by Gasteiger charge is -2.20. The normalized spacial score (nSPS) is 12.7. The second-order valence-electron chi connectivity index (χ2n) is 4.80. The number of rotatable bonds is 8. The van der Waals surface area contributed by atoms with Crippen LogP contribution in [0.4, 0.5) is 0 Å². The zero-order valence-electron chi connectivity index (χ0n) is 12.2. The van der Waals surface area contributed by atoms with Gasteiger partial charge in [-0.3, -0.25) is 0 Å². The molecule has 1 aromatic carbocycles. The molecular formula is C15H24BrNOS. The summed E-state index contributed by atoms with van der Waals surface area (Å²) in [5.74, 6) is 2.06. The summed E-state index contributed by atoms with van der Waals surface area (Å²) in [5.41, 5.74) is 1.30. The lowest BCUT2D eigenvalue weighted by atomic mass is 10.1. The maximum Gasteiger partial charge on any atom is 0.119 e. The molecule has 0 aliphatic rings. The van der Waals surface area contributed by atoms with E-state index in [4.69, 9.17) is 4.74 Å². The van der Waals surface area contributed by atoms with Crippen LogP contribution in [0.25, 0.3) is 0 Å². The van der Waals surface area contributed by atoms with Gasteiger partial charge in [0.15, 0.2) is 0 Å². The van der Waals surface area contributed by atoms with Crippen LogP contribution < -0.4 is 10.1 Å². The van der Waals surface area contributed by atoms with E-state index in [0.29, 0.717) is 11.3 Å². The van der Waals surface area contributed by atoms with E-state index >= 15 is 0 Å². The van der Waals surface area contributed by atoms with Crippen molar-refractivity contribution in [2.24, 2.45) is 0 Å². The predicted molar refractivity (Wildman–Crippen MR) is 89.5 cm³/mol. The number of hydrogen-bond donors (Lipinski definition) is 1. The Kier molecular flexibility index (Phi) is 7.88. The molecule has 0 spiro atoms. The van der Waals surface area contributed by atoms with E-state index in [1.807, 2.05) is 17.8 Å². The molecule has 0 fully saturated rings. The van der Waals surface area contributed by atoms with Crippen molar-refractivity contribution < 1.29 is 4.74 Å². The second-order valence-corrected chi connectivity index (χ2v) is 7.26. The molecule has 0 aliphatic carbocycles. The fourth-order valence-corrected chi connectivity index (χ4v) is 3.15. The number of nitrogens with one attached hydrogen (secondary N) is 1. The van der Waals surface area contributed by atoms with E-state index < -0.39 is 0 Å². The van der Waals surface area contributed by atoms with Crippen molar-refractivity contribution >= 4 is 27.7 Å². The molecule has 1 atom stereocenters. The highest BCUT2D eigenvalue weighted by atomic mass is 79.9. The van der Waals surface area contributed by atoms with Gasteiger partial charge in [-0.25, -0.2) is 0 Å². The number of thioether (sulfide) groups is 1. The van der Waals surface area contributed by atoms with Gasteiger partial charge in [0.2, 0.25) is 0 Å². The zero-order valence-corrected chi connectivity index (χ0v) is 14.6. The van der Waals surface area contributed by atoms with Crippen LogP contribution in [-0.2, 0) is 6.42 Å². The van der Waals surface area contributed by atoms with E-state index in [1.165, 1.54) is 5.56 Å². The van der Waals surface area contributed by atoms with Gasteiger partial charge >= 0.3 is 0 Å². The van der Waals surface area contributed by atoms with Crippen LogP contribution in [0.5, 0.6) is 5.75 Å². The van der Waals surface area contributed by atoms with E-state index in [2.05, 4.69) is 54.2 Å². The summed E-state index contributed by atoms with van der Waals surface area (Å²) in [4.78, 5) is 0. The first kappa shape index (κ1) is 16.9. The van der Waals surface area contributed by atoms with Gasteiger partial charge in [-0.15, -0.1) is 0 Å². The van der Waals surface area contributed by atoms with Crippen LogP contribution in [0.3, 0.4) is 0 Å². The summed E-state index contributed by atoms with van der Waals surface area (Å²) in [5, 5.41) is 4.24. The fraction of sp³-hybridized carbons (Fsp3) is 0.600. The molecule has 0 saturated carbocycles. The van der Waals surface area contributed by atoms with Crippen molar-refractivity contribution in [1.29, 1.82) is 0 Å². The van der Waals surface area contributed by atoms with E-state index in [0.717, 1.165) is 28.9 Å². The lowest BCUT2D eigenvalue weighted by Crippen LogP contribution is -2.33. The van der Waals surface area contributed by atoms with E-state index in [1.54, 1.807) is 7.11 Å². The first-order valence-electron chi connectivity index (χ1n) is 6.74. The quantitative estimate of drug-likeness (QED) is 0.765. The first-order valence-corrected chi connectivity index (χ1v) is 8.58.